The third-order valence-electron chi connectivity index (χ3n) is 3.22. The number of amides is 1. The zero-order chi connectivity index (χ0) is 12.5. The number of hydrogen-bond donors (Lipinski definition) is 1. The lowest BCUT2D eigenvalue weighted by atomic mass is 10.00. The molecule has 0 atom stereocenters. The lowest BCUT2D eigenvalue weighted by molar-refractivity contribution is 0.0362. The molecule has 2 heterocycles. The van der Waals surface area contributed by atoms with Gasteiger partial charge in [0.1, 0.15) is 0 Å². The first-order valence-electron chi connectivity index (χ1n) is 5.89. The highest BCUT2D eigenvalue weighted by Crippen LogP contribution is 2.19. The molecule has 3 rings (SSSR count). The molecule has 0 aliphatic carbocycles. The van der Waals surface area contributed by atoms with Crippen LogP contribution < -0.4 is 0 Å². The fourth-order valence-corrected chi connectivity index (χ4v) is 2.13. The molecule has 0 unspecified atom stereocenters. The Hall–Kier alpha value is -2.01. The van der Waals surface area contributed by atoms with Crippen molar-refractivity contribution in [2.45, 2.75) is 0 Å². The third-order valence-corrected chi connectivity index (χ3v) is 3.22. The van der Waals surface area contributed by atoms with Gasteiger partial charge in [0.25, 0.3) is 5.91 Å². The molecule has 92 valence electrons. The fourth-order valence-electron chi connectivity index (χ4n) is 2.13. The summed E-state index contributed by atoms with van der Waals surface area (Å²) in [5.41, 5.74) is 2.13. The van der Waals surface area contributed by atoms with Crippen LogP contribution in [0.5, 0.6) is 0 Å². The molecule has 0 spiro atoms. The number of hydrogen-bond acceptors (Lipinski definition) is 4. The maximum atomic E-state index is 12.1. The molecule has 0 radical (unpaired) electrons. The van der Waals surface area contributed by atoms with E-state index >= 15 is 0 Å². The van der Waals surface area contributed by atoms with E-state index < -0.39 is 0 Å². The van der Waals surface area contributed by atoms with Crippen molar-refractivity contribution in [2.24, 2.45) is 5.92 Å². The van der Waals surface area contributed by atoms with Crippen LogP contribution in [0.1, 0.15) is 10.4 Å². The quantitative estimate of drug-likeness (QED) is 0.843. The molecule has 1 aromatic heterocycles. The zero-order valence-electron chi connectivity index (χ0n) is 9.78. The summed E-state index contributed by atoms with van der Waals surface area (Å²) in [6.07, 6.45) is 3.24. The van der Waals surface area contributed by atoms with Crippen LogP contribution in [0.3, 0.4) is 0 Å². The smallest absolute Gasteiger partial charge is 0.253 e. The molecular weight excluding hydrogens is 230 g/mol. The SMILES string of the molecule is O=C(c1ccc2nccnc2c1)N1CC(CO)C1. The molecule has 18 heavy (non-hydrogen) atoms. The van der Waals surface area contributed by atoms with Gasteiger partial charge in [-0.2, -0.15) is 0 Å². The van der Waals surface area contributed by atoms with E-state index in [1.165, 1.54) is 0 Å². The number of aliphatic hydroxyl groups is 1. The molecule has 1 fully saturated rings. The molecular formula is C13H13N3O2. The van der Waals surface area contributed by atoms with Crippen molar-refractivity contribution >= 4 is 16.9 Å². The number of carbonyl (C=O) groups is 1. The van der Waals surface area contributed by atoms with E-state index in [0.717, 1.165) is 11.0 Å². The Balaban J connectivity index is 1.84. The molecule has 0 bridgehead atoms. The molecule has 1 saturated heterocycles. The normalized spacial score (nSPS) is 15.7. The van der Waals surface area contributed by atoms with Gasteiger partial charge in [-0.3, -0.25) is 14.8 Å². The Morgan fingerprint density at radius 3 is 2.72 bits per heavy atom. The number of aromatic nitrogens is 2. The molecule has 2 aromatic rings. The lowest BCUT2D eigenvalue weighted by Gasteiger charge is -2.38. The van der Waals surface area contributed by atoms with Crippen molar-refractivity contribution in [3.05, 3.63) is 36.2 Å². The largest absolute Gasteiger partial charge is 0.396 e. The van der Waals surface area contributed by atoms with Crippen LogP contribution in [0.15, 0.2) is 30.6 Å². The van der Waals surface area contributed by atoms with Gasteiger partial charge in [-0.1, -0.05) is 0 Å². The minimum absolute atomic E-state index is 0.00717. The van der Waals surface area contributed by atoms with Crippen LogP contribution in [-0.4, -0.2) is 45.6 Å². The highest BCUT2D eigenvalue weighted by atomic mass is 16.3. The van der Waals surface area contributed by atoms with E-state index in [1.54, 1.807) is 35.5 Å². The van der Waals surface area contributed by atoms with Gasteiger partial charge in [-0.25, -0.2) is 0 Å². The standard InChI is InChI=1S/C13H13N3O2/c17-8-9-6-16(7-9)13(18)10-1-2-11-12(5-10)15-4-3-14-11/h1-5,9,17H,6-8H2. The van der Waals surface area contributed by atoms with Crippen molar-refractivity contribution in [2.75, 3.05) is 19.7 Å². The number of likely N-dealkylation sites (tertiary alicyclic amines) is 1. The summed E-state index contributed by atoms with van der Waals surface area (Å²) in [5.74, 6) is 0.224. The van der Waals surface area contributed by atoms with Crippen LogP contribution >= 0.6 is 0 Å². The van der Waals surface area contributed by atoms with Crippen molar-refractivity contribution in [1.29, 1.82) is 0 Å². The van der Waals surface area contributed by atoms with Gasteiger partial charge >= 0.3 is 0 Å². The minimum atomic E-state index is -0.00717. The Bertz CT molecular complexity index is 594. The van der Waals surface area contributed by atoms with E-state index in [0.29, 0.717) is 18.7 Å². The summed E-state index contributed by atoms with van der Waals surface area (Å²) < 4.78 is 0. The summed E-state index contributed by atoms with van der Waals surface area (Å²) in [6.45, 7) is 1.41. The first-order valence-corrected chi connectivity index (χ1v) is 5.89. The van der Waals surface area contributed by atoms with Crippen LogP contribution in [0.25, 0.3) is 11.0 Å². The monoisotopic (exact) mass is 243 g/mol. The van der Waals surface area contributed by atoms with Gasteiger partial charge in [-0.15, -0.1) is 0 Å². The third kappa shape index (κ3) is 1.82. The number of aliphatic hydroxyl groups excluding tert-OH is 1. The predicted octanol–water partition coefficient (Wildman–Crippen LogP) is 0.694. The molecule has 1 amide bonds. The maximum Gasteiger partial charge on any atom is 0.253 e. The summed E-state index contributed by atoms with van der Waals surface area (Å²) >= 11 is 0. The summed E-state index contributed by atoms with van der Waals surface area (Å²) in [4.78, 5) is 22.2. The van der Waals surface area contributed by atoms with Crippen LogP contribution in [0.4, 0.5) is 0 Å². The summed E-state index contributed by atoms with van der Waals surface area (Å²) in [7, 11) is 0. The zero-order valence-corrected chi connectivity index (χ0v) is 9.78. The van der Waals surface area contributed by atoms with E-state index in [1.807, 2.05) is 0 Å². The first kappa shape index (κ1) is 11.1. The highest BCUT2D eigenvalue weighted by Gasteiger charge is 2.30. The predicted molar refractivity (Wildman–Crippen MR) is 66.0 cm³/mol. The second kappa shape index (κ2) is 4.34. The molecule has 0 saturated carbocycles. The molecule has 1 aliphatic rings. The van der Waals surface area contributed by atoms with E-state index in [-0.39, 0.29) is 18.4 Å². The molecule has 1 aliphatic heterocycles. The Morgan fingerprint density at radius 2 is 2.00 bits per heavy atom. The van der Waals surface area contributed by atoms with Crippen molar-refractivity contribution in [3.8, 4) is 0 Å². The topological polar surface area (TPSA) is 66.3 Å². The second-order valence-electron chi connectivity index (χ2n) is 4.52. The number of benzene rings is 1. The molecule has 1 N–H and O–H groups in total. The van der Waals surface area contributed by atoms with Crippen molar-refractivity contribution in [1.82, 2.24) is 14.9 Å². The van der Waals surface area contributed by atoms with Gasteiger partial charge in [-0.05, 0) is 18.2 Å². The average Bonchev–Trinajstić information content (AvgIpc) is 2.37. The lowest BCUT2D eigenvalue weighted by Crippen LogP contribution is -2.51. The average molecular weight is 243 g/mol. The van der Waals surface area contributed by atoms with E-state index in [2.05, 4.69) is 9.97 Å². The fraction of sp³-hybridized carbons (Fsp3) is 0.308. The second-order valence-corrected chi connectivity index (χ2v) is 4.52. The Labute approximate surface area is 104 Å². The van der Waals surface area contributed by atoms with Gasteiger partial charge in [0.15, 0.2) is 0 Å². The Kier molecular flexibility index (Phi) is 2.68. The maximum absolute atomic E-state index is 12.1. The van der Waals surface area contributed by atoms with Crippen LogP contribution in [0, 0.1) is 5.92 Å². The molecule has 5 heteroatoms. The Morgan fingerprint density at radius 1 is 1.28 bits per heavy atom. The summed E-state index contributed by atoms with van der Waals surface area (Å²) in [6, 6.07) is 5.33. The van der Waals surface area contributed by atoms with E-state index in [4.69, 9.17) is 5.11 Å². The molecule has 5 nitrogen and oxygen atoms in total. The highest BCUT2D eigenvalue weighted by molar-refractivity contribution is 5.97. The number of nitrogens with zero attached hydrogens (tertiary/aromatic N) is 3. The molecule has 1 aromatic carbocycles. The van der Waals surface area contributed by atoms with Crippen LogP contribution in [0.2, 0.25) is 0 Å². The number of carbonyl (C=O) groups excluding carboxylic acids is 1. The van der Waals surface area contributed by atoms with Crippen molar-refractivity contribution < 1.29 is 9.90 Å². The van der Waals surface area contributed by atoms with Gasteiger partial charge in [0, 0.05) is 43.6 Å². The minimum Gasteiger partial charge on any atom is -0.396 e. The number of rotatable bonds is 2. The van der Waals surface area contributed by atoms with E-state index in [9.17, 15) is 4.79 Å². The van der Waals surface area contributed by atoms with Gasteiger partial charge < -0.3 is 10.0 Å². The van der Waals surface area contributed by atoms with Crippen LogP contribution in [-0.2, 0) is 0 Å². The van der Waals surface area contributed by atoms with Gasteiger partial charge in [0.2, 0.25) is 0 Å². The summed E-state index contributed by atoms with van der Waals surface area (Å²) in [5, 5.41) is 8.94. The number of fused-ring (bicyclic) bond motifs is 1. The van der Waals surface area contributed by atoms with Crippen molar-refractivity contribution in [3.63, 3.8) is 0 Å². The van der Waals surface area contributed by atoms with Gasteiger partial charge in [0.05, 0.1) is 11.0 Å². The first-order chi connectivity index (χ1) is 8.78.